The predicted molar refractivity (Wildman–Crippen MR) is 80.7 cm³/mol. The van der Waals surface area contributed by atoms with Gasteiger partial charge in [0.25, 0.3) is 0 Å². The lowest BCUT2D eigenvalue weighted by molar-refractivity contribution is 0.0832. The van der Waals surface area contributed by atoms with Gasteiger partial charge in [0.15, 0.2) is 0 Å². The number of halogens is 1. The van der Waals surface area contributed by atoms with Gasteiger partial charge in [0.1, 0.15) is 0 Å². The molecule has 0 bridgehead atoms. The van der Waals surface area contributed by atoms with Crippen molar-refractivity contribution in [3.8, 4) is 0 Å². The topological polar surface area (TPSA) is 31.1 Å². The summed E-state index contributed by atoms with van der Waals surface area (Å²) >= 11 is 6.03. The molecule has 0 unspecified atom stereocenters. The molecule has 1 fully saturated rings. The average molecular weight is 278 g/mol. The number of aromatic nitrogens is 1. The van der Waals surface area contributed by atoms with Crippen molar-refractivity contribution in [1.29, 1.82) is 0 Å². The van der Waals surface area contributed by atoms with Crippen molar-refractivity contribution in [3.05, 3.63) is 35.0 Å². The molecule has 1 aliphatic rings. The fourth-order valence-corrected chi connectivity index (χ4v) is 2.98. The highest BCUT2D eigenvalue weighted by Gasteiger charge is 2.29. The van der Waals surface area contributed by atoms with Crippen LogP contribution in [-0.4, -0.2) is 35.1 Å². The molecule has 102 valence electrons. The summed E-state index contributed by atoms with van der Waals surface area (Å²) in [4.78, 5) is 5.86. The molecule has 2 heterocycles. The third kappa shape index (κ3) is 2.50. The molecule has 0 radical (unpaired) electrons. The summed E-state index contributed by atoms with van der Waals surface area (Å²) in [6, 6.07) is 6.06. The molecule has 1 aromatic carbocycles. The number of hydrogen-bond acceptors (Lipinski definition) is 2. The summed E-state index contributed by atoms with van der Waals surface area (Å²) in [7, 11) is 0. The van der Waals surface area contributed by atoms with Gasteiger partial charge in [-0.15, -0.1) is 0 Å². The van der Waals surface area contributed by atoms with Crippen LogP contribution in [0.25, 0.3) is 10.9 Å². The molecule has 2 N–H and O–H groups in total. The first-order valence-electron chi connectivity index (χ1n) is 6.77. The molecule has 1 aromatic heterocycles. The minimum Gasteiger partial charge on any atom is -0.361 e. The second kappa shape index (κ2) is 4.82. The Morgan fingerprint density at radius 3 is 3.00 bits per heavy atom. The number of nitrogens with zero attached hydrogens (tertiary/aromatic N) is 1. The van der Waals surface area contributed by atoms with E-state index in [-0.39, 0.29) is 5.54 Å². The van der Waals surface area contributed by atoms with E-state index in [1.54, 1.807) is 0 Å². The largest absolute Gasteiger partial charge is 0.361 e. The van der Waals surface area contributed by atoms with Crippen LogP contribution in [0.1, 0.15) is 19.4 Å². The minimum atomic E-state index is 0.203. The number of rotatable bonds is 2. The standard InChI is InChI=1S/C15H20ClN3/c1-15(2)10-17-5-6-19(15)9-11-8-18-14-7-12(16)3-4-13(11)14/h3-4,7-8,17-18H,5-6,9-10H2,1-2H3. The van der Waals surface area contributed by atoms with Gasteiger partial charge < -0.3 is 10.3 Å². The molecule has 1 saturated heterocycles. The van der Waals surface area contributed by atoms with Gasteiger partial charge in [-0.2, -0.15) is 0 Å². The Morgan fingerprint density at radius 1 is 1.37 bits per heavy atom. The Labute approximate surface area is 118 Å². The molecule has 4 heteroatoms. The molecule has 19 heavy (non-hydrogen) atoms. The molecule has 3 rings (SSSR count). The number of hydrogen-bond donors (Lipinski definition) is 2. The van der Waals surface area contributed by atoms with E-state index < -0.39 is 0 Å². The van der Waals surface area contributed by atoms with Crippen molar-refractivity contribution in [2.45, 2.75) is 25.9 Å². The fraction of sp³-hybridized carbons (Fsp3) is 0.467. The summed E-state index contributed by atoms with van der Waals surface area (Å²) in [5.41, 5.74) is 2.67. The van der Waals surface area contributed by atoms with Crippen molar-refractivity contribution in [3.63, 3.8) is 0 Å². The summed E-state index contributed by atoms with van der Waals surface area (Å²) in [6.45, 7) is 8.78. The van der Waals surface area contributed by atoms with Gasteiger partial charge in [-0.1, -0.05) is 17.7 Å². The van der Waals surface area contributed by atoms with Gasteiger partial charge in [-0.05, 0) is 31.5 Å². The lowest BCUT2D eigenvalue weighted by Gasteiger charge is -2.42. The first kappa shape index (κ1) is 13.0. The minimum absolute atomic E-state index is 0.203. The van der Waals surface area contributed by atoms with Crippen LogP contribution < -0.4 is 5.32 Å². The molecule has 0 amide bonds. The Morgan fingerprint density at radius 2 is 2.21 bits per heavy atom. The van der Waals surface area contributed by atoms with Crippen molar-refractivity contribution in [1.82, 2.24) is 15.2 Å². The summed E-state index contributed by atoms with van der Waals surface area (Å²) in [6.07, 6.45) is 2.11. The number of H-pyrrole nitrogens is 1. The number of benzene rings is 1. The number of fused-ring (bicyclic) bond motifs is 1. The molecule has 0 atom stereocenters. The Bertz CT molecular complexity index is 588. The first-order valence-corrected chi connectivity index (χ1v) is 7.15. The molecular formula is C15H20ClN3. The molecule has 3 nitrogen and oxygen atoms in total. The van der Waals surface area contributed by atoms with E-state index in [1.165, 1.54) is 10.9 Å². The smallest absolute Gasteiger partial charge is 0.0472 e. The highest BCUT2D eigenvalue weighted by atomic mass is 35.5. The van der Waals surface area contributed by atoms with Gasteiger partial charge >= 0.3 is 0 Å². The van der Waals surface area contributed by atoms with Gasteiger partial charge in [0.05, 0.1) is 0 Å². The highest BCUT2D eigenvalue weighted by molar-refractivity contribution is 6.31. The van der Waals surface area contributed by atoms with Gasteiger partial charge in [0.2, 0.25) is 0 Å². The van der Waals surface area contributed by atoms with Crippen LogP contribution in [0.15, 0.2) is 24.4 Å². The van der Waals surface area contributed by atoms with Crippen molar-refractivity contribution in [2.24, 2.45) is 0 Å². The highest BCUT2D eigenvalue weighted by Crippen LogP contribution is 2.26. The van der Waals surface area contributed by atoms with E-state index in [1.807, 2.05) is 12.1 Å². The SMILES string of the molecule is CC1(C)CNCCN1Cc1c[nH]c2cc(Cl)ccc12. The van der Waals surface area contributed by atoms with Crippen molar-refractivity contribution in [2.75, 3.05) is 19.6 Å². The van der Waals surface area contributed by atoms with Crippen LogP contribution >= 0.6 is 11.6 Å². The van der Waals surface area contributed by atoms with E-state index in [0.29, 0.717) is 0 Å². The summed E-state index contributed by atoms with van der Waals surface area (Å²) < 4.78 is 0. The number of piperazine rings is 1. The van der Waals surface area contributed by atoms with Gasteiger partial charge in [-0.25, -0.2) is 0 Å². The van der Waals surface area contributed by atoms with Gasteiger partial charge in [-0.3, -0.25) is 4.90 Å². The van der Waals surface area contributed by atoms with E-state index in [4.69, 9.17) is 11.6 Å². The fourth-order valence-electron chi connectivity index (χ4n) is 2.81. The third-order valence-corrected chi connectivity index (χ3v) is 4.30. The quantitative estimate of drug-likeness (QED) is 0.884. The summed E-state index contributed by atoms with van der Waals surface area (Å²) in [5, 5.41) is 5.52. The zero-order valence-corrected chi connectivity index (χ0v) is 12.2. The number of nitrogens with one attached hydrogen (secondary N) is 2. The first-order chi connectivity index (χ1) is 9.06. The lowest BCUT2D eigenvalue weighted by Crippen LogP contribution is -2.57. The Balaban J connectivity index is 1.89. The van der Waals surface area contributed by atoms with Crippen LogP contribution in [0.3, 0.4) is 0 Å². The molecule has 0 saturated carbocycles. The Kier molecular flexibility index (Phi) is 3.29. The van der Waals surface area contributed by atoms with E-state index in [2.05, 4.69) is 41.3 Å². The molecule has 1 aliphatic heterocycles. The lowest BCUT2D eigenvalue weighted by atomic mass is 9.99. The van der Waals surface area contributed by atoms with Crippen LogP contribution in [-0.2, 0) is 6.54 Å². The Hall–Kier alpha value is -1.03. The molecule has 0 spiro atoms. The molecule has 0 aliphatic carbocycles. The van der Waals surface area contributed by atoms with Crippen molar-refractivity contribution < 1.29 is 0 Å². The zero-order valence-electron chi connectivity index (χ0n) is 11.5. The maximum absolute atomic E-state index is 6.03. The molecule has 2 aromatic rings. The van der Waals surface area contributed by atoms with Crippen LogP contribution in [0, 0.1) is 0 Å². The third-order valence-electron chi connectivity index (χ3n) is 4.06. The van der Waals surface area contributed by atoms with Gasteiger partial charge in [0, 0.05) is 53.8 Å². The van der Waals surface area contributed by atoms with Crippen LogP contribution in [0.2, 0.25) is 5.02 Å². The van der Waals surface area contributed by atoms with E-state index in [0.717, 1.165) is 36.7 Å². The maximum Gasteiger partial charge on any atom is 0.0472 e. The second-order valence-corrected chi connectivity index (χ2v) is 6.35. The summed E-state index contributed by atoms with van der Waals surface area (Å²) in [5.74, 6) is 0. The monoisotopic (exact) mass is 277 g/mol. The normalized spacial score (nSPS) is 19.9. The predicted octanol–water partition coefficient (Wildman–Crippen LogP) is 3.01. The number of aromatic amines is 1. The van der Waals surface area contributed by atoms with Crippen LogP contribution in [0.5, 0.6) is 0 Å². The average Bonchev–Trinajstić information content (AvgIpc) is 2.74. The molecular weight excluding hydrogens is 258 g/mol. The maximum atomic E-state index is 6.03. The van der Waals surface area contributed by atoms with Crippen molar-refractivity contribution >= 4 is 22.5 Å². The van der Waals surface area contributed by atoms with E-state index >= 15 is 0 Å². The van der Waals surface area contributed by atoms with Crippen LogP contribution in [0.4, 0.5) is 0 Å². The van der Waals surface area contributed by atoms with E-state index in [9.17, 15) is 0 Å². The zero-order chi connectivity index (χ0) is 13.5. The second-order valence-electron chi connectivity index (χ2n) is 5.91.